The molecule has 0 saturated carbocycles. The highest BCUT2D eigenvalue weighted by molar-refractivity contribution is 5.92. The Kier molecular flexibility index (Phi) is 5.72. The van der Waals surface area contributed by atoms with Crippen LogP contribution in [0.2, 0.25) is 0 Å². The van der Waals surface area contributed by atoms with E-state index in [2.05, 4.69) is 10.4 Å². The molecule has 0 unspecified atom stereocenters. The van der Waals surface area contributed by atoms with Gasteiger partial charge in [0, 0.05) is 5.69 Å². The average molecular weight is 421 g/mol. The van der Waals surface area contributed by atoms with Crippen LogP contribution in [0.25, 0.3) is 10.8 Å². The number of halogens is 3. The maximum absolute atomic E-state index is 12.7. The molecule has 0 aliphatic rings. The maximum Gasteiger partial charge on any atom is 0.416 e. The molecule has 2 aromatic carbocycles. The third-order valence-corrected chi connectivity index (χ3v) is 4.01. The van der Waals surface area contributed by atoms with Crippen LogP contribution in [-0.4, -0.2) is 28.3 Å². The molecule has 1 aromatic heterocycles. The van der Waals surface area contributed by atoms with Crippen LogP contribution < -0.4 is 16.4 Å². The lowest BCUT2D eigenvalue weighted by molar-refractivity contribution is -0.148. The Hall–Kier alpha value is -3.89. The van der Waals surface area contributed by atoms with Crippen molar-refractivity contribution < 1.29 is 27.5 Å². The van der Waals surface area contributed by atoms with Gasteiger partial charge in [0.05, 0.1) is 16.3 Å². The molecule has 8 nitrogen and oxygen atoms in total. The zero-order valence-electron chi connectivity index (χ0n) is 15.2. The first-order valence-corrected chi connectivity index (χ1v) is 8.50. The number of carbonyl (C=O) groups is 2. The molecule has 30 heavy (non-hydrogen) atoms. The number of aromatic nitrogens is 2. The largest absolute Gasteiger partial charge is 0.454 e. The molecule has 0 atom stereocenters. The van der Waals surface area contributed by atoms with Gasteiger partial charge in [-0.15, -0.1) is 0 Å². The van der Waals surface area contributed by atoms with Gasteiger partial charge in [-0.3, -0.25) is 24.3 Å². The van der Waals surface area contributed by atoms with Crippen LogP contribution in [0.3, 0.4) is 0 Å². The van der Waals surface area contributed by atoms with Crippen LogP contribution in [0.15, 0.2) is 58.1 Å². The van der Waals surface area contributed by atoms with Crippen molar-refractivity contribution in [1.82, 2.24) is 9.78 Å². The van der Waals surface area contributed by atoms with Crippen molar-refractivity contribution in [2.24, 2.45) is 0 Å². The predicted molar refractivity (Wildman–Crippen MR) is 99.9 cm³/mol. The number of fused-ring (bicyclic) bond motifs is 1. The number of rotatable bonds is 5. The first-order chi connectivity index (χ1) is 14.1. The van der Waals surface area contributed by atoms with Gasteiger partial charge in [0.1, 0.15) is 6.54 Å². The molecule has 1 amide bonds. The Labute approximate surface area is 165 Å². The van der Waals surface area contributed by atoms with Crippen molar-refractivity contribution in [2.75, 3.05) is 11.9 Å². The summed E-state index contributed by atoms with van der Waals surface area (Å²) in [7, 11) is 0. The second kappa shape index (κ2) is 8.23. The summed E-state index contributed by atoms with van der Waals surface area (Å²) in [6, 6.07) is 9.97. The standard InChI is InChI=1S/C19H14F3N3O5/c20-19(21,22)11-4-3-5-12(8-11)23-15(26)10-30-16(27)9-25-18(29)14-7-2-1-6-13(14)17(28)24-25/h1-8H,9-10H2,(H,23,26)(H,24,28). The fourth-order valence-corrected chi connectivity index (χ4v) is 2.65. The quantitative estimate of drug-likeness (QED) is 0.612. The molecule has 0 spiro atoms. The smallest absolute Gasteiger partial charge is 0.416 e. The lowest BCUT2D eigenvalue weighted by Gasteiger charge is -2.10. The lowest BCUT2D eigenvalue weighted by Crippen LogP contribution is -2.33. The van der Waals surface area contributed by atoms with Crippen molar-refractivity contribution in [2.45, 2.75) is 12.7 Å². The van der Waals surface area contributed by atoms with Gasteiger partial charge in [-0.1, -0.05) is 18.2 Å². The highest BCUT2D eigenvalue weighted by Crippen LogP contribution is 2.30. The molecule has 156 valence electrons. The number of benzene rings is 2. The summed E-state index contributed by atoms with van der Waals surface area (Å²) >= 11 is 0. The molecule has 11 heteroatoms. The van der Waals surface area contributed by atoms with Crippen molar-refractivity contribution >= 4 is 28.3 Å². The van der Waals surface area contributed by atoms with Crippen molar-refractivity contribution in [3.63, 3.8) is 0 Å². The molecular weight excluding hydrogens is 407 g/mol. The number of hydrogen-bond acceptors (Lipinski definition) is 5. The molecule has 0 aliphatic carbocycles. The monoisotopic (exact) mass is 421 g/mol. The summed E-state index contributed by atoms with van der Waals surface area (Å²) < 4.78 is 43.5. The van der Waals surface area contributed by atoms with E-state index in [4.69, 9.17) is 4.74 Å². The van der Waals surface area contributed by atoms with E-state index in [-0.39, 0.29) is 16.5 Å². The fraction of sp³-hybridized carbons (Fsp3) is 0.158. The van der Waals surface area contributed by atoms with Gasteiger partial charge < -0.3 is 10.1 Å². The van der Waals surface area contributed by atoms with Gasteiger partial charge in [-0.25, -0.2) is 4.68 Å². The maximum atomic E-state index is 12.7. The molecule has 2 N–H and O–H groups in total. The Balaban J connectivity index is 1.62. The average Bonchev–Trinajstić information content (AvgIpc) is 2.70. The molecule has 0 bridgehead atoms. The minimum Gasteiger partial charge on any atom is -0.454 e. The van der Waals surface area contributed by atoms with E-state index in [0.717, 1.165) is 22.9 Å². The summed E-state index contributed by atoms with van der Waals surface area (Å²) in [5, 5.41) is 4.68. The number of anilines is 1. The van der Waals surface area contributed by atoms with Gasteiger partial charge in [0.2, 0.25) is 0 Å². The molecule has 0 radical (unpaired) electrons. The Bertz CT molecular complexity index is 1230. The SMILES string of the molecule is O=C(COC(=O)Cn1[nH]c(=O)c2ccccc2c1=O)Nc1cccc(C(F)(F)F)c1. The van der Waals surface area contributed by atoms with Gasteiger partial charge in [-0.05, 0) is 30.3 Å². The van der Waals surface area contributed by atoms with E-state index < -0.39 is 47.9 Å². The van der Waals surface area contributed by atoms with E-state index in [0.29, 0.717) is 0 Å². The second-order valence-corrected chi connectivity index (χ2v) is 6.17. The van der Waals surface area contributed by atoms with E-state index in [9.17, 15) is 32.3 Å². The highest BCUT2D eigenvalue weighted by atomic mass is 19.4. The molecule has 3 rings (SSSR count). The minimum absolute atomic E-state index is 0.108. The van der Waals surface area contributed by atoms with E-state index in [1.54, 1.807) is 12.1 Å². The number of nitrogens with zero attached hydrogens (tertiary/aromatic N) is 1. The van der Waals surface area contributed by atoms with Gasteiger partial charge in [0.25, 0.3) is 17.0 Å². The van der Waals surface area contributed by atoms with E-state index in [1.165, 1.54) is 18.2 Å². The molecule has 0 saturated heterocycles. The third-order valence-electron chi connectivity index (χ3n) is 4.01. The summed E-state index contributed by atoms with van der Waals surface area (Å²) in [5.74, 6) is -1.87. The summed E-state index contributed by atoms with van der Waals surface area (Å²) in [6.45, 7) is -1.45. The van der Waals surface area contributed by atoms with Gasteiger partial charge in [0.15, 0.2) is 6.61 Å². The summed E-state index contributed by atoms with van der Waals surface area (Å²) in [6.07, 6.45) is -4.57. The normalized spacial score (nSPS) is 11.3. The number of hydrogen-bond donors (Lipinski definition) is 2. The van der Waals surface area contributed by atoms with Crippen LogP contribution in [-0.2, 0) is 27.0 Å². The van der Waals surface area contributed by atoms with Crippen LogP contribution >= 0.6 is 0 Å². The lowest BCUT2D eigenvalue weighted by atomic mass is 10.2. The van der Waals surface area contributed by atoms with Crippen LogP contribution in [0.5, 0.6) is 0 Å². The van der Waals surface area contributed by atoms with Crippen molar-refractivity contribution in [3.8, 4) is 0 Å². The van der Waals surface area contributed by atoms with Crippen LogP contribution in [0, 0.1) is 0 Å². The van der Waals surface area contributed by atoms with Crippen molar-refractivity contribution in [3.05, 3.63) is 74.8 Å². The zero-order valence-corrected chi connectivity index (χ0v) is 15.2. The van der Waals surface area contributed by atoms with Crippen LogP contribution in [0.4, 0.5) is 18.9 Å². The molecule has 0 aliphatic heterocycles. The number of ether oxygens (including phenoxy) is 1. The topological polar surface area (TPSA) is 110 Å². The number of H-pyrrole nitrogens is 1. The number of alkyl halides is 3. The number of esters is 1. The Morgan fingerprint density at radius 2 is 1.73 bits per heavy atom. The highest BCUT2D eigenvalue weighted by Gasteiger charge is 2.30. The summed E-state index contributed by atoms with van der Waals surface area (Å²) in [4.78, 5) is 48.1. The number of carbonyl (C=O) groups excluding carboxylic acids is 2. The van der Waals surface area contributed by atoms with Crippen LogP contribution in [0.1, 0.15) is 5.56 Å². The molecule has 3 aromatic rings. The Morgan fingerprint density at radius 1 is 1.03 bits per heavy atom. The van der Waals surface area contributed by atoms with E-state index >= 15 is 0 Å². The first kappa shape index (κ1) is 20.8. The van der Waals surface area contributed by atoms with E-state index in [1.807, 2.05) is 0 Å². The zero-order chi connectivity index (χ0) is 21.9. The molecule has 0 fully saturated rings. The van der Waals surface area contributed by atoms with Gasteiger partial charge >= 0.3 is 12.1 Å². The van der Waals surface area contributed by atoms with Gasteiger partial charge in [-0.2, -0.15) is 13.2 Å². The number of nitrogens with one attached hydrogen (secondary N) is 2. The number of amides is 1. The fourth-order valence-electron chi connectivity index (χ4n) is 2.65. The number of aromatic amines is 1. The third kappa shape index (κ3) is 4.74. The summed E-state index contributed by atoms with van der Waals surface area (Å²) in [5.41, 5.74) is -2.28. The van der Waals surface area contributed by atoms with Crippen molar-refractivity contribution in [1.29, 1.82) is 0 Å². The first-order valence-electron chi connectivity index (χ1n) is 8.50. The second-order valence-electron chi connectivity index (χ2n) is 6.17. The molecular formula is C19H14F3N3O5. The Morgan fingerprint density at radius 3 is 2.43 bits per heavy atom. The minimum atomic E-state index is -4.57. The predicted octanol–water partition coefficient (Wildman–Crippen LogP) is 1.89. The molecule has 1 heterocycles.